The second-order valence-corrected chi connectivity index (χ2v) is 8.52. The lowest BCUT2D eigenvalue weighted by atomic mass is 10.1. The van der Waals surface area contributed by atoms with Gasteiger partial charge in [0.25, 0.3) is 11.5 Å². The van der Waals surface area contributed by atoms with E-state index < -0.39 is 0 Å². The zero-order chi connectivity index (χ0) is 23.5. The molecule has 172 valence electrons. The van der Waals surface area contributed by atoms with Gasteiger partial charge in [0.05, 0.1) is 44.4 Å². The van der Waals surface area contributed by atoms with Crippen LogP contribution < -0.4 is 15.2 Å². The zero-order valence-corrected chi connectivity index (χ0v) is 19.1. The Kier molecular flexibility index (Phi) is 6.10. The van der Waals surface area contributed by atoms with Gasteiger partial charge in [0.15, 0.2) is 5.69 Å². The molecule has 0 saturated carbocycles. The summed E-state index contributed by atoms with van der Waals surface area (Å²) < 4.78 is 6.61. The Bertz CT molecular complexity index is 1380. The fraction of sp³-hybridized carbons (Fsp3) is 0.222. The molecule has 34 heavy (non-hydrogen) atoms. The van der Waals surface area contributed by atoms with Crippen LogP contribution in [0.1, 0.15) is 16.1 Å². The predicted molar refractivity (Wildman–Crippen MR) is 131 cm³/mol. The van der Waals surface area contributed by atoms with Crippen LogP contribution in [0.3, 0.4) is 0 Å². The normalized spacial score (nSPS) is 14.3. The van der Waals surface area contributed by atoms with Crippen molar-refractivity contribution in [1.82, 2.24) is 14.7 Å². The molecule has 1 aliphatic heterocycles. The number of rotatable bonds is 5. The number of aromatic nitrogens is 2. The van der Waals surface area contributed by atoms with E-state index in [0.717, 1.165) is 19.6 Å². The first kappa shape index (κ1) is 21.9. The SMILES string of the molecule is COc1cccc(-n2nc(C(=O)N3CC[NH+](Cc4ccccc4)CC3)c3ccccc3c2=O)c1. The van der Waals surface area contributed by atoms with Crippen molar-refractivity contribution in [3.63, 3.8) is 0 Å². The van der Waals surface area contributed by atoms with Gasteiger partial charge in [0, 0.05) is 17.0 Å². The maximum atomic E-state index is 13.6. The molecule has 0 unspecified atom stereocenters. The molecule has 2 heterocycles. The maximum absolute atomic E-state index is 13.6. The van der Waals surface area contributed by atoms with Crippen LogP contribution in [0.5, 0.6) is 5.75 Å². The lowest BCUT2D eigenvalue weighted by Crippen LogP contribution is -3.13. The molecule has 0 bridgehead atoms. The Hall–Kier alpha value is -3.97. The van der Waals surface area contributed by atoms with Crippen molar-refractivity contribution in [2.45, 2.75) is 6.54 Å². The van der Waals surface area contributed by atoms with Gasteiger partial charge in [-0.2, -0.15) is 9.78 Å². The van der Waals surface area contributed by atoms with Gasteiger partial charge < -0.3 is 14.5 Å². The summed E-state index contributed by atoms with van der Waals surface area (Å²) >= 11 is 0. The highest BCUT2D eigenvalue weighted by molar-refractivity contribution is 6.04. The number of ether oxygens (including phenoxy) is 1. The summed E-state index contributed by atoms with van der Waals surface area (Å²) in [6.45, 7) is 3.98. The first-order valence-electron chi connectivity index (χ1n) is 11.5. The van der Waals surface area contributed by atoms with Gasteiger partial charge in [-0.1, -0.05) is 54.6 Å². The number of nitrogens with one attached hydrogen (secondary N) is 1. The third-order valence-electron chi connectivity index (χ3n) is 6.36. The van der Waals surface area contributed by atoms with Crippen molar-refractivity contribution in [3.05, 3.63) is 100 Å². The third kappa shape index (κ3) is 4.30. The molecule has 5 rings (SSSR count). The molecule has 0 aliphatic carbocycles. The predicted octanol–water partition coefficient (Wildman–Crippen LogP) is 1.94. The average molecular weight is 456 g/mol. The van der Waals surface area contributed by atoms with Crippen LogP contribution in [0.15, 0.2) is 83.7 Å². The molecule has 1 N–H and O–H groups in total. The quantitative estimate of drug-likeness (QED) is 0.500. The van der Waals surface area contributed by atoms with Gasteiger partial charge in [-0.05, 0) is 18.2 Å². The molecule has 1 aromatic heterocycles. The second-order valence-electron chi connectivity index (χ2n) is 8.52. The van der Waals surface area contributed by atoms with Crippen molar-refractivity contribution in [3.8, 4) is 11.4 Å². The van der Waals surface area contributed by atoms with Gasteiger partial charge in [-0.25, -0.2) is 0 Å². The fourth-order valence-corrected chi connectivity index (χ4v) is 4.50. The third-order valence-corrected chi connectivity index (χ3v) is 6.36. The number of quaternary nitrogens is 1. The number of nitrogens with zero attached hydrogens (tertiary/aromatic N) is 3. The number of piperazine rings is 1. The monoisotopic (exact) mass is 455 g/mol. The molecule has 1 saturated heterocycles. The molecule has 1 aliphatic rings. The topological polar surface area (TPSA) is 68.9 Å². The number of hydrogen-bond acceptors (Lipinski definition) is 4. The van der Waals surface area contributed by atoms with Crippen molar-refractivity contribution in [2.24, 2.45) is 0 Å². The molecule has 0 radical (unpaired) electrons. The van der Waals surface area contributed by atoms with E-state index in [4.69, 9.17) is 4.74 Å². The number of fused-ring (bicyclic) bond motifs is 1. The average Bonchev–Trinajstić information content (AvgIpc) is 2.90. The Labute approximate surface area is 197 Å². The molecule has 1 amide bonds. The van der Waals surface area contributed by atoms with Crippen LogP contribution in [0.4, 0.5) is 0 Å². The summed E-state index contributed by atoms with van der Waals surface area (Å²) in [4.78, 5) is 30.1. The molecule has 1 fully saturated rings. The molecule has 4 aromatic rings. The molecular formula is C27H27N4O3+. The number of hydrogen-bond donors (Lipinski definition) is 1. The molecule has 0 spiro atoms. The Morgan fingerprint density at radius 2 is 1.65 bits per heavy atom. The minimum atomic E-state index is -0.266. The summed E-state index contributed by atoms with van der Waals surface area (Å²) in [5.74, 6) is 0.469. The first-order valence-corrected chi connectivity index (χ1v) is 11.5. The summed E-state index contributed by atoms with van der Waals surface area (Å²) in [5, 5.41) is 5.61. The number of methoxy groups -OCH3 is 1. The first-order chi connectivity index (χ1) is 16.6. The van der Waals surface area contributed by atoms with Crippen molar-refractivity contribution in [2.75, 3.05) is 33.3 Å². The zero-order valence-electron chi connectivity index (χ0n) is 19.1. The minimum Gasteiger partial charge on any atom is -0.497 e. The Morgan fingerprint density at radius 3 is 2.38 bits per heavy atom. The van der Waals surface area contributed by atoms with E-state index in [0.29, 0.717) is 41.0 Å². The molecule has 3 aromatic carbocycles. The van der Waals surface area contributed by atoms with Crippen LogP contribution in [0.2, 0.25) is 0 Å². The molecule has 7 nitrogen and oxygen atoms in total. The van der Waals surface area contributed by atoms with Crippen LogP contribution in [-0.2, 0) is 6.54 Å². The van der Waals surface area contributed by atoms with E-state index >= 15 is 0 Å². The van der Waals surface area contributed by atoms with Gasteiger partial charge in [0.1, 0.15) is 12.3 Å². The van der Waals surface area contributed by atoms with E-state index in [9.17, 15) is 9.59 Å². The van der Waals surface area contributed by atoms with Crippen LogP contribution in [0, 0.1) is 0 Å². The summed E-state index contributed by atoms with van der Waals surface area (Å²) in [6, 6.07) is 24.7. The number of amides is 1. The van der Waals surface area contributed by atoms with Crippen LogP contribution >= 0.6 is 0 Å². The van der Waals surface area contributed by atoms with Gasteiger partial charge >= 0.3 is 0 Å². The summed E-state index contributed by atoms with van der Waals surface area (Å²) in [5.41, 5.74) is 1.89. The smallest absolute Gasteiger partial charge is 0.279 e. The number of benzene rings is 3. The van der Waals surface area contributed by atoms with Crippen LogP contribution in [0.25, 0.3) is 16.5 Å². The largest absolute Gasteiger partial charge is 0.497 e. The molecule has 0 atom stereocenters. The lowest BCUT2D eigenvalue weighted by Gasteiger charge is -2.32. The van der Waals surface area contributed by atoms with Crippen molar-refractivity contribution >= 4 is 16.7 Å². The van der Waals surface area contributed by atoms with E-state index in [-0.39, 0.29) is 11.5 Å². The standard InChI is InChI=1S/C27H26N4O3/c1-34-22-11-7-10-21(18-22)31-26(32)24-13-6-5-12-23(24)25(28-31)27(33)30-16-14-29(15-17-30)19-20-8-3-2-4-9-20/h2-13,18H,14-17,19H2,1H3/p+1. The molecular weight excluding hydrogens is 428 g/mol. The fourth-order valence-electron chi connectivity index (χ4n) is 4.50. The molecule has 7 heteroatoms. The Balaban J connectivity index is 1.44. The van der Waals surface area contributed by atoms with Crippen molar-refractivity contribution in [1.29, 1.82) is 0 Å². The van der Waals surface area contributed by atoms with Gasteiger partial charge in [-0.3, -0.25) is 9.59 Å². The minimum absolute atomic E-state index is 0.147. The second kappa shape index (κ2) is 9.49. The Morgan fingerprint density at radius 1 is 0.941 bits per heavy atom. The van der Waals surface area contributed by atoms with E-state index in [2.05, 4.69) is 29.4 Å². The van der Waals surface area contributed by atoms with E-state index in [1.807, 2.05) is 17.0 Å². The van der Waals surface area contributed by atoms with Gasteiger partial charge in [-0.15, -0.1) is 0 Å². The van der Waals surface area contributed by atoms with Gasteiger partial charge in [0.2, 0.25) is 0 Å². The van der Waals surface area contributed by atoms with E-state index in [1.165, 1.54) is 15.1 Å². The lowest BCUT2D eigenvalue weighted by molar-refractivity contribution is -0.917. The van der Waals surface area contributed by atoms with E-state index in [1.54, 1.807) is 49.6 Å². The van der Waals surface area contributed by atoms with Crippen LogP contribution in [-0.4, -0.2) is 53.9 Å². The van der Waals surface area contributed by atoms with Crippen molar-refractivity contribution < 1.29 is 14.4 Å². The number of carbonyl (C=O) groups excluding carboxylic acids is 1. The highest BCUT2D eigenvalue weighted by Gasteiger charge is 2.28. The summed E-state index contributed by atoms with van der Waals surface area (Å²) in [6.07, 6.45) is 0. The highest BCUT2D eigenvalue weighted by atomic mass is 16.5. The summed E-state index contributed by atoms with van der Waals surface area (Å²) in [7, 11) is 1.57. The number of carbonyl (C=O) groups is 1. The maximum Gasteiger partial charge on any atom is 0.279 e. The highest BCUT2D eigenvalue weighted by Crippen LogP contribution is 2.19.